The number of rotatable bonds is 7. The molecule has 1 aromatic carbocycles. The normalized spacial score (nSPS) is 10.8. The number of hydrogen-bond acceptors (Lipinski definition) is 4. The van der Waals surface area contributed by atoms with Gasteiger partial charge >= 0.3 is 0 Å². The highest BCUT2D eigenvalue weighted by molar-refractivity contribution is 9.10. The monoisotopic (exact) mass is 341 g/mol. The largest absolute Gasteiger partial charge is 0.383 e. The number of halogens is 1. The molecule has 0 atom stereocenters. The van der Waals surface area contributed by atoms with Crippen molar-refractivity contribution in [3.05, 3.63) is 40.6 Å². The Balaban J connectivity index is 1.93. The molecule has 0 aliphatic carbocycles. The third-order valence-electron chi connectivity index (χ3n) is 2.51. The molecule has 0 spiro atoms. The van der Waals surface area contributed by atoms with Gasteiger partial charge in [0.2, 0.25) is 0 Å². The first-order chi connectivity index (χ1) is 9.29. The van der Waals surface area contributed by atoms with Crippen LogP contribution < -0.4 is 5.32 Å². The first-order valence-corrected chi connectivity index (χ1v) is 7.56. The minimum Gasteiger partial charge on any atom is -0.383 e. The molecule has 1 heterocycles. The summed E-state index contributed by atoms with van der Waals surface area (Å²) in [5.74, 6) is 0. The minimum atomic E-state index is 0.726. The highest BCUT2D eigenvalue weighted by atomic mass is 79.9. The summed E-state index contributed by atoms with van der Waals surface area (Å²) in [6.45, 7) is 2.41. The Morgan fingerprint density at radius 1 is 1.47 bits per heavy atom. The summed E-state index contributed by atoms with van der Waals surface area (Å²) in [6.07, 6.45) is 3.58. The molecule has 19 heavy (non-hydrogen) atoms. The topological polar surface area (TPSA) is 49.9 Å². The van der Waals surface area contributed by atoms with Crippen LogP contribution >= 0.6 is 27.7 Å². The first kappa shape index (κ1) is 14.6. The fourth-order valence-corrected chi connectivity index (χ4v) is 3.00. The van der Waals surface area contributed by atoms with Gasteiger partial charge in [-0.3, -0.25) is 0 Å². The Kier molecular flexibility index (Phi) is 5.91. The lowest BCUT2D eigenvalue weighted by Crippen LogP contribution is -2.18. The molecule has 6 heteroatoms. The zero-order valence-corrected chi connectivity index (χ0v) is 13.1. The van der Waals surface area contributed by atoms with Crippen molar-refractivity contribution >= 4 is 27.7 Å². The van der Waals surface area contributed by atoms with Gasteiger partial charge in [0.25, 0.3) is 0 Å². The average Bonchev–Trinajstić information content (AvgIpc) is 2.90. The smallest absolute Gasteiger partial charge is 0.170 e. The lowest BCUT2D eigenvalue weighted by molar-refractivity contribution is 0.199. The molecular weight excluding hydrogens is 326 g/mol. The number of H-pyrrole nitrogens is 1. The van der Waals surface area contributed by atoms with Gasteiger partial charge in [-0.05, 0) is 17.7 Å². The fourth-order valence-electron chi connectivity index (χ4n) is 1.55. The van der Waals surface area contributed by atoms with Crippen molar-refractivity contribution in [3.63, 3.8) is 0 Å². The van der Waals surface area contributed by atoms with E-state index in [-0.39, 0.29) is 0 Å². The van der Waals surface area contributed by atoms with Crippen molar-refractivity contribution in [1.82, 2.24) is 15.3 Å². The Morgan fingerprint density at radius 2 is 2.37 bits per heavy atom. The van der Waals surface area contributed by atoms with Crippen LogP contribution in [0.1, 0.15) is 5.56 Å². The zero-order valence-electron chi connectivity index (χ0n) is 10.6. The van der Waals surface area contributed by atoms with Crippen LogP contribution in [0.5, 0.6) is 0 Å². The molecule has 0 aliphatic rings. The second kappa shape index (κ2) is 7.69. The minimum absolute atomic E-state index is 0.726. The second-order valence-corrected chi connectivity index (χ2v) is 5.84. The van der Waals surface area contributed by atoms with Crippen molar-refractivity contribution < 1.29 is 4.74 Å². The van der Waals surface area contributed by atoms with Crippen LogP contribution in [0, 0.1) is 0 Å². The lowest BCUT2D eigenvalue weighted by Gasteiger charge is -2.08. The summed E-state index contributed by atoms with van der Waals surface area (Å²) in [7, 11) is 1.71. The summed E-state index contributed by atoms with van der Waals surface area (Å²) in [6, 6.07) is 6.33. The van der Waals surface area contributed by atoms with Crippen LogP contribution in [0.4, 0.5) is 0 Å². The van der Waals surface area contributed by atoms with E-state index in [1.54, 1.807) is 25.1 Å². The quantitative estimate of drug-likeness (QED) is 0.760. The highest BCUT2D eigenvalue weighted by Crippen LogP contribution is 2.28. The van der Waals surface area contributed by atoms with Gasteiger partial charge in [0.1, 0.15) is 0 Å². The molecule has 0 aliphatic heterocycles. The van der Waals surface area contributed by atoms with E-state index in [0.29, 0.717) is 0 Å². The van der Waals surface area contributed by atoms with E-state index < -0.39 is 0 Å². The molecule has 2 aromatic rings. The SMILES string of the molecule is COCCNCc1ccc(Sc2ncc[nH]2)cc1Br. The highest BCUT2D eigenvalue weighted by Gasteiger charge is 2.04. The van der Waals surface area contributed by atoms with Gasteiger partial charge in [-0.25, -0.2) is 4.98 Å². The standard InChI is InChI=1S/C13H16BrN3OS/c1-18-7-6-15-9-10-2-3-11(8-12(10)14)19-13-16-4-5-17-13/h2-5,8,15H,6-7,9H2,1H3,(H,16,17). The number of ether oxygens (including phenoxy) is 1. The molecule has 2 rings (SSSR count). The maximum absolute atomic E-state index is 5.00. The van der Waals surface area contributed by atoms with Crippen molar-refractivity contribution in [2.75, 3.05) is 20.3 Å². The van der Waals surface area contributed by atoms with Gasteiger partial charge in [-0.15, -0.1) is 0 Å². The van der Waals surface area contributed by atoms with E-state index in [9.17, 15) is 0 Å². The van der Waals surface area contributed by atoms with E-state index in [0.717, 1.165) is 34.2 Å². The second-order valence-electron chi connectivity index (χ2n) is 3.92. The fraction of sp³-hybridized carbons (Fsp3) is 0.308. The number of methoxy groups -OCH3 is 1. The Morgan fingerprint density at radius 3 is 3.05 bits per heavy atom. The van der Waals surface area contributed by atoms with Crippen LogP contribution in [-0.2, 0) is 11.3 Å². The Bertz CT molecular complexity index is 505. The molecule has 0 saturated carbocycles. The van der Waals surface area contributed by atoms with Crippen LogP contribution in [0.25, 0.3) is 0 Å². The first-order valence-electron chi connectivity index (χ1n) is 5.95. The van der Waals surface area contributed by atoms with E-state index in [2.05, 4.69) is 49.4 Å². The van der Waals surface area contributed by atoms with Crippen LogP contribution in [0.3, 0.4) is 0 Å². The summed E-state index contributed by atoms with van der Waals surface area (Å²) >= 11 is 5.22. The number of aromatic nitrogens is 2. The third kappa shape index (κ3) is 4.65. The molecule has 1 aromatic heterocycles. The predicted molar refractivity (Wildman–Crippen MR) is 80.4 cm³/mol. The Labute approximate surface area is 125 Å². The van der Waals surface area contributed by atoms with Crippen molar-refractivity contribution in [1.29, 1.82) is 0 Å². The summed E-state index contributed by atoms with van der Waals surface area (Å²) in [4.78, 5) is 8.43. The van der Waals surface area contributed by atoms with E-state index in [4.69, 9.17) is 4.74 Å². The number of nitrogens with one attached hydrogen (secondary N) is 2. The number of aromatic amines is 1. The number of imidazole rings is 1. The van der Waals surface area contributed by atoms with Gasteiger partial charge in [0, 0.05) is 42.0 Å². The third-order valence-corrected chi connectivity index (χ3v) is 4.16. The lowest BCUT2D eigenvalue weighted by atomic mass is 10.2. The Hall–Kier alpha value is -0.820. The molecule has 102 valence electrons. The molecule has 0 bridgehead atoms. The van der Waals surface area contributed by atoms with Gasteiger partial charge in [0.05, 0.1) is 6.61 Å². The number of hydrogen-bond donors (Lipinski definition) is 2. The van der Waals surface area contributed by atoms with E-state index >= 15 is 0 Å². The molecule has 0 fully saturated rings. The van der Waals surface area contributed by atoms with Gasteiger partial charge < -0.3 is 15.0 Å². The van der Waals surface area contributed by atoms with Crippen LogP contribution in [0.2, 0.25) is 0 Å². The molecule has 0 amide bonds. The summed E-state index contributed by atoms with van der Waals surface area (Å²) in [5, 5.41) is 4.23. The average molecular weight is 342 g/mol. The zero-order chi connectivity index (χ0) is 13.5. The maximum atomic E-state index is 5.00. The van der Waals surface area contributed by atoms with Crippen molar-refractivity contribution in [3.8, 4) is 0 Å². The van der Waals surface area contributed by atoms with Crippen LogP contribution in [0.15, 0.2) is 45.1 Å². The summed E-state index contributed by atoms with van der Waals surface area (Å²) < 4.78 is 6.11. The van der Waals surface area contributed by atoms with E-state index in [1.807, 2.05) is 6.20 Å². The molecule has 0 unspecified atom stereocenters. The maximum Gasteiger partial charge on any atom is 0.170 e. The van der Waals surface area contributed by atoms with Gasteiger partial charge in [-0.2, -0.15) is 0 Å². The van der Waals surface area contributed by atoms with Crippen molar-refractivity contribution in [2.45, 2.75) is 16.6 Å². The van der Waals surface area contributed by atoms with Crippen LogP contribution in [-0.4, -0.2) is 30.2 Å². The predicted octanol–water partition coefficient (Wildman–Crippen LogP) is 3.06. The molecule has 0 radical (unpaired) electrons. The van der Waals surface area contributed by atoms with Crippen molar-refractivity contribution in [2.24, 2.45) is 0 Å². The molecule has 4 nitrogen and oxygen atoms in total. The van der Waals surface area contributed by atoms with E-state index in [1.165, 1.54) is 5.56 Å². The van der Waals surface area contributed by atoms with Gasteiger partial charge in [0.15, 0.2) is 5.16 Å². The number of benzene rings is 1. The number of nitrogens with zero attached hydrogens (tertiary/aromatic N) is 1. The molecule has 2 N–H and O–H groups in total. The molecule has 0 saturated heterocycles. The molecular formula is C13H16BrN3OS. The summed E-state index contributed by atoms with van der Waals surface area (Å²) in [5.41, 5.74) is 1.24. The van der Waals surface area contributed by atoms with Gasteiger partial charge in [-0.1, -0.05) is 33.8 Å².